The topological polar surface area (TPSA) is 82.5 Å². The summed E-state index contributed by atoms with van der Waals surface area (Å²) in [5.74, 6) is -0.549. The summed E-state index contributed by atoms with van der Waals surface area (Å²) in [4.78, 5) is 30.8. The van der Waals surface area contributed by atoms with Crippen LogP contribution < -0.4 is 5.32 Å². The fraction of sp³-hybridized carbons (Fsp3) is 0.381. The second kappa shape index (κ2) is 8.31. The fourth-order valence-corrected chi connectivity index (χ4v) is 3.36. The molecule has 1 aromatic heterocycles. The molecule has 2 aromatic rings. The molecule has 6 heteroatoms. The van der Waals surface area contributed by atoms with Crippen LogP contribution in [0.5, 0.6) is 0 Å². The van der Waals surface area contributed by atoms with Gasteiger partial charge >= 0.3 is 0 Å². The van der Waals surface area contributed by atoms with Crippen molar-refractivity contribution in [2.45, 2.75) is 32.8 Å². The fourth-order valence-electron chi connectivity index (χ4n) is 3.36. The number of aliphatic hydroxyl groups is 1. The first-order valence-corrected chi connectivity index (χ1v) is 9.25. The third kappa shape index (κ3) is 4.71. The Morgan fingerprint density at radius 3 is 2.41 bits per heavy atom. The van der Waals surface area contributed by atoms with Crippen LogP contribution in [0.3, 0.4) is 0 Å². The zero-order chi connectivity index (χ0) is 19.4. The molecule has 0 bridgehead atoms. The van der Waals surface area contributed by atoms with Gasteiger partial charge in [0.2, 0.25) is 0 Å². The Morgan fingerprint density at radius 2 is 1.74 bits per heavy atom. The molecule has 2 heterocycles. The van der Waals surface area contributed by atoms with E-state index < -0.39 is 12.0 Å². The quantitative estimate of drug-likeness (QED) is 0.850. The number of nitrogens with zero attached hydrogens (tertiary/aromatic N) is 2. The number of likely N-dealkylation sites (tertiary alicyclic amines) is 1. The largest absolute Gasteiger partial charge is 0.387 e. The van der Waals surface area contributed by atoms with E-state index in [2.05, 4.69) is 10.3 Å². The molecular formula is C21H25N3O3. The Labute approximate surface area is 159 Å². The first-order valence-electron chi connectivity index (χ1n) is 9.25. The highest BCUT2D eigenvalue weighted by Gasteiger charge is 2.21. The van der Waals surface area contributed by atoms with Crippen molar-refractivity contribution in [2.24, 2.45) is 0 Å². The molecule has 27 heavy (non-hydrogen) atoms. The zero-order valence-corrected chi connectivity index (χ0v) is 15.7. The number of rotatable bonds is 5. The zero-order valence-electron chi connectivity index (χ0n) is 15.7. The number of hydrogen-bond acceptors (Lipinski definition) is 4. The van der Waals surface area contributed by atoms with Gasteiger partial charge in [-0.2, -0.15) is 0 Å². The number of nitrogens with one attached hydrogen (secondary N) is 1. The smallest absolute Gasteiger partial charge is 0.272 e. The Balaban J connectivity index is 1.64. The second-order valence-electron chi connectivity index (χ2n) is 7.05. The first-order chi connectivity index (χ1) is 12.9. The molecular weight excluding hydrogens is 342 g/mol. The third-order valence-corrected chi connectivity index (χ3v) is 4.68. The van der Waals surface area contributed by atoms with Gasteiger partial charge in [0.15, 0.2) is 0 Å². The number of aryl methyl sites for hydroxylation is 2. The summed E-state index contributed by atoms with van der Waals surface area (Å²) in [6.07, 6.45) is 1.20. The van der Waals surface area contributed by atoms with Gasteiger partial charge in [-0.05, 0) is 44.4 Å². The summed E-state index contributed by atoms with van der Waals surface area (Å²) < 4.78 is 0. The van der Waals surface area contributed by atoms with E-state index in [1.165, 1.54) is 0 Å². The van der Waals surface area contributed by atoms with Crippen molar-refractivity contribution in [1.29, 1.82) is 0 Å². The summed E-state index contributed by atoms with van der Waals surface area (Å²) in [5, 5.41) is 13.1. The SMILES string of the molecule is Cc1cc(C)cc(C(O)CNC(=O)c2cccc(C(=O)N3CCCC3)n2)c1. The van der Waals surface area contributed by atoms with Crippen LogP contribution in [-0.2, 0) is 0 Å². The van der Waals surface area contributed by atoms with Gasteiger partial charge in [-0.3, -0.25) is 9.59 Å². The van der Waals surface area contributed by atoms with Crippen LogP contribution in [0.4, 0.5) is 0 Å². The standard InChI is InChI=1S/C21H25N3O3/c1-14-10-15(2)12-16(11-14)19(25)13-22-20(26)17-6-5-7-18(23-17)21(27)24-8-3-4-9-24/h5-7,10-12,19,25H,3-4,8-9,13H2,1-2H3,(H,22,26). The van der Waals surface area contributed by atoms with Crippen molar-refractivity contribution in [3.63, 3.8) is 0 Å². The summed E-state index contributed by atoms with van der Waals surface area (Å²) in [6.45, 7) is 5.48. The van der Waals surface area contributed by atoms with Gasteiger partial charge in [0, 0.05) is 19.6 Å². The monoisotopic (exact) mass is 367 g/mol. The van der Waals surface area contributed by atoms with Crippen molar-refractivity contribution in [2.75, 3.05) is 19.6 Å². The van der Waals surface area contributed by atoms with Crippen molar-refractivity contribution in [1.82, 2.24) is 15.2 Å². The molecule has 3 rings (SSSR count). The molecule has 1 atom stereocenters. The molecule has 0 aliphatic carbocycles. The molecule has 142 valence electrons. The highest BCUT2D eigenvalue weighted by Crippen LogP contribution is 2.16. The number of aromatic nitrogens is 1. The molecule has 6 nitrogen and oxygen atoms in total. The van der Waals surface area contributed by atoms with E-state index in [9.17, 15) is 14.7 Å². The lowest BCUT2D eigenvalue weighted by Gasteiger charge is -2.15. The summed E-state index contributed by atoms with van der Waals surface area (Å²) in [6, 6.07) is 10.7. The lowest BCUT2D eigenvalue weighted by Crippen LogP contribution is -2.31. The van der Waals surface area contributed by atoms with Crippen LogP contribution in [-0.4, -0.2) is 46.4 Å². The molecule has 0 spiro atoms. The number of benzene rings is 1. The van der Waals surface area contributed by atoms with E-state index >= 15 is 0 Å². The number of carbonyl (C=O) groups excluding carboxylic acids is 2. The van der Waals surface area contributed by atoms with Gasteiger partial charge in [0.1, 0.15) is 11.4 Å². The molecule has 1 unspecified atom stereocenters. The molecule has 1 aromatic carbocycles. The van der Waals surface area contributed by atoms with Crippen molar-refractivity contribution in [3.05, 3.63) is 64.5 Å². The van der Waals surface area contributed by atoms with E-state index in [1.807, 2.05) is 32.0 Å². The van der Waals surface area contributed by atoms with E-state index in [0.29, 0.717) is 0 Å². The molecule has 1 fully saturated rings. The molecule has 2 amide bonds. The number of hydrogen-bond donors (Lipinski definition) is 2. The van der Waals surface area contributed by atoms with Crippen molar-refractivity contribution in [3.8, 4) is 0 Å². The molecule has 0 radical (unpaired) electrons. The van der Waals surface area contributed by atoms with E-state index in [4.69, 9.17) is 0 Å². The van der Waals surface area contributed by atoms with E-state index in [-0.39, 0.29) is 23.8 Å². The number of amides is 2. The Kier molecular flexibility index (Phi) is 5.86. The predicted molar refractivity (Wildman–Crippen MR) is 103 cm³/mol. The number of carbonyl (C=O) groups is 2. The molecule has 0 saturated carbocycles. The number of aliphatic hydroxyl groups excluding tert-OH is 1. The molecule has 2 N–H and O–H groups in total. The maximum Gasteiger partial charge on any atom is 0.272 e. The van der Waals surface area contributed by atoms with Gasteiger partial charge in [-0.25, -0.2) is 4.98 Å². The minimum atomic E-state index is -0.804. The predicted octanol–water partition coefficient (Wildman–Crippen LogP) is 2.40. The van der Waals surface area contributed by atoms with Gasteiger partial charge in [0.05, 0.1) is 6.10 Å². The van der Waals surface area contributed by atoms with Crippen LogP contribution in [0, 0.1) is 13.8 Å². The second-order valence-corrected chi connectivity index (χ2v) is 7.05. The average molecular weight is 367 g/mol. The first kappa shape index (κ1) is 19.0. The van der Waals surface area contributed by atoms with Gasteiger partial charge < -0.3 is 15.3 Å². The van der Waals surface area contributed by atoms with Gasteiger partial charge in [-0.15, -0.1) is 0 Å². The van der Waals surface area contributed by atoms with Crippen LogP contribution in [0.1, 0.15) is 56.6 Å². The van der Waals surface area contributed by atoms with Gasteiger partial charge in [0.25, 0.3) is 11.8 Å². The molecule has 1 saturated heterocycles. The van der Waals surface area contributed by atoms with Crippen LogP contribution in [0.25, 0.3) is 0 Å². The van der Waals surface area contributed by atoms with Crippen molar-refractivity contribution < 1.29 is 14.7 Å². The van der Waals surface area contributed by atoms with Crippen LogP contribution in [0.2, 0.25) is 0 Å². The maximum absolute atomic E-state index is 12.4. The Bertz CT molecular complexity index is 824. The number of pyridine rings is 1. The maximum atomic E-state index is 12.4. The lowest BCUT2D eigenvalue weighted by molar-refractivity contribution is 0.0786. The molecule has 1 aliphatic rings. The van der Waals surface area contributed by atoms with Gasteiger partial charge in [-0.1, -0.05) is 35.4 Å². The third-order valence-electron chi connectivity index (χ3n) is 4.68. The Hall–Kier alpha value is -2.73. The van der Waals surface area contributed by atoms with E-state index in [0.717, 1.165) is 42.6 Å². The lowest BCUT2D eigenvalue weighted by atomic mass is 10.0. The summed E-state index contributed by atoms with van der Waals surface area (Å²) in [7, 11) is 0. The average Bonchev–Trinajstić information content (AvgIpc) is 3.19. The van der Waals surface area contributed by atoms with Crippen LogP contribution >= 0.6 is 0 Å². The highest BCUT2D eigenvalue weighted by molar-refractivity contribution is 5.96. The minimum Gasteiger partial charge on any atom is -0.387 e. The normalized spacial score (nSPS) is 14.9. The summed E-state index contributed by atoms with van der Waals surface area (Å²) >= 11 is 0. The summed E-state index contributed by atoms with van der Waals surface area (Å²) in [5.41, 5.74) is 3.33. The van der Waals surface area contributed by atoms with E-state index in [1.54, 1.807) is 23.1 Å². The van der Waals surface area contributed by atoms with Crippen LogP contribution in [0.15, 0.2) is 36.4 Å². The Morgan fingerprint density at radius 1 is 1.11 bits per heavy atom. The molecule has 1 aliphatic heterocycles. The highest BCUT2D eigenvalue weighted by atomic mass is 16.3. The van der Waals surface area contributed by atoms with Crippen molar-refractivity contribution >= 4 is 11.8 Å². The minimum absolute atomic E-state index is 0.0771.